The number of hydrogen-bond donors (Lipinski definition) is 2. The van der Waals surface area contributed by atoms with Gasteiger partial charge >= 0.3 is 0 Å². The molecule has 3 heterocycles. The first-order valence-corrected chi connectivity index (χ1v) is 10.7. The topological polar surface area (TPSA) is 117 Å². The highest BCUT2D eigenvalue weighted by molar-refractivity contribution is 6.04. The van der Waals surface area contributed by atoms with Crippen LogP contribution in [0.15, 0.2) is 77.9 Å². The van der Waals surface area contributed by atoms with E-state index in [4.69, 9.17) is 10.5 Å². The summed E-state index contributed by atoms with van der Waals surface area (Å²) in [5.41, 5.74) is 7.60. The van der Waals surface area contributed by atoms with Crippen LogP contribution >= 0.6 is 0 Å². The van der Waals surface area contributed by atoms with Crippen molar-refractivity contribution in [2.24, 2.45) is 0 Å². The highest BCUT2D eigenvalue weighted by Gasteiger charge is 2.24. The van der Waals surface area contributed by atoms with Crippen molar-refractivity contribution in [1.82, 2.24) is 24.5 Å². The second-order valence-electron chi connectivity index (χ2n) is 7.81. The van der Waals surface area contributed by atoms with Gasteiger partial charge in [-0.2, -0.15) is 0 Å². The molecule has 0 bridgehead atoms. The molecular formula is C25H22N6O3. The van der Waals surface area contributed by atoms with Crippen molar-refractivity contribution in [3.05, 3.63) is 94.7 Å². The van der Waals surface area contributed by atoms with E-state index in [2.05, 4.69) is 15.4 Å². The maximum Gasteiger partial charge on any atom is 0.267 e. The van der Waals surface area contributed by atoms with Crippen molar-refractivity contribution in [3.8, 4) is 11.4 Å². The fraction of sp³-hybridized carbons (Fsp3) is 0.120. The number of nitrogen functional groups attached to an aromatic ring is 1. The van der Waals surface area contributed by atoms with Gasteiger partial charge in [0.2, 0.25) is 0 Å². The molecule has 0 radical (unpaired) electrons. The first kappa shape index (κ1) is 21.2. The van der Waals surface area contributed by atoms with Crippen LogP contribution < -0.4 is 21.3 Å². The van der Waals surface area contributed by atoms with Gasteiger partial charge in [0.05, 0.1) is 18.5 Å². The number of amides is 1. The van der Waals surface area contributed by atoms with Crippen LogP contribution in [0.2, 0.25) is 0 Å². The van der Waals surface area contributed by atoms with E-state index in [1.165, 1.54) is 11.6 Å². The standard InChI is InChI=1S/C25H22N6O3/c1-15(28-24(32)21-22(26)29-30-13-7-12-27-23(21)30)18-14-16-8-6-11-19(34-2)20(16)25(33)31(18)17-9-4-3-5-10-17/h3-15H,1-2H3,(H2,26,29)(H,28,32). The van der Waals surface area contributed by atoms with Crippen LogP contribution in [0.3, 0.4) is 0 Å². The molecule has 0 saturated heterocycles. The van der Waals surface area contributed by atoms with Gasteiger partial charge in [0, 0.05) is 23.8 Å². The predicted molar refractivity (Wildman–Crippen MR) is 129 cm³/mol. The highest BCUT2D eigenvalue weighted by atomic mass is 16.5. The zero-order chi connectivity index (χ0) is 23.8. The number of para-hydroxylation sites is 1. The predicted octanol–water partition coefficient (Wildman–Crippen LogP) is 3.12. The maximum absolute atomic E-state index is 13.7. The normalized spacial score (nSPS) is 12.1. The number of hydrogen-bond acceptors (Lipinski definition) is 6. The maximum atomic E-state index is 13.7. The van der Waals surface area contributed by atoms with Crippen LogP contribution in [0.4, 0.5) is 5.82 Å². The van der Waals surface area contributed by atoms with Gasteiger partial charge in [0.25, 0.3) is 11.5 Å². The number of pyridine rings is 1. The average molecular weight is 454 g/mol. The molecule has 0 aliphatic carbocycles. The fourth-order valence-electron chi connectivity index (χ4n) is 4.15. The summed E-state index contributed by atoms with van der Waals surface area (Å²) in [6, 6.07) is 17.7. The van der Waals surface area contributed by atoms with Gasteiger partial charge in [-0.05, 0) is 42.6 Å². The zero-order valence-corrected chi connectivity index (χ0v) is 18.6. The molecular weight excluding hydrogens is 432 g/mol. The molecule has 0 saturated carbocycles. The molecule has 5 aromatic rings. The molecule has 9 heteroatoms. The monoisotopic (exact) mass is 454 g/mol. The number of rotatable bonds is 5. The van der Waals surface area contributed by atoms with Gasteiger partial charge in [-0.1, -0.05) is 30.3 Å². The number of ether oxygens (including phenoxy) is 1. The number of nitrogens with zero attached hydrogens (tertiary/aromatic N) is 4. The summed E-state index contributed by atoms with van der Waals surface area (Å²) in [7, 11) is 1.53. The minimum absolute atomic E-state index is 0.0760. The summed E-state index contributed by atoms with van der Waals surface area (Å²) in [4.78, 5) is 31.2. The molecule has 0 aliphatic rings. The molecule has 9 nitrogen and oxygen atoms in total. The number of nitrogens with one attached hydrogen (secondary N) is 1. The molecule has 34 heavy (non-hydrogen) atoms. The smallest absolute Gasteiger partial charge is 0.267 e. The number of anilines is 1. The molecule has 1 atom stereocenters. The number of benzene rings is 2. The first-order valence-electron chi connectivity index (χ1n) is 10.7. The Kier molecular flexibility index (Phi) is 5.21. The molecule has 5 rings (SSSR count). The Morgan fingerprint density at radius 1 is 1.12 bits per heavy atom. The highest BCUT2D eigenvalue weighted by Crippen LogP contribution is 2.27. The Bertz CT molecular complexity index is 1590. The zero-order valence-electron chi connectivity index (χ0n) is 18.6. The lowest BCUT2D eigenvalue weighted by atomic mass is 10.1. The van der Waals surface area contributed by atoms with Gasteiger partial charge in [0.1, 0.15) is 11.3 Å². The third-order valence-corrected chi connectivity index (χ3v) is 5.71. The number of fused-ring (bicyclic) bond motifs is 2. The Labute approximate surface area is 194 Å². The lowest BCUT2D eigenvalue weighted by molar-refractivity contribution is 0.0941. The lowest BCUT2D eigenvalue weighted by Gasteiger charge is -2.21. The Morgan fingerprint density at radius 3 is 2.68 bits per heavy atom. The van der Waals surface area contributed by atoms with Crippen LogP contribution in [-0.4, -0.2) is 32.2 Å². The van der Waals surface area contributed by atoms with E-state index in [1.54, 1.807) is 29.1 Å². The molecule has 1 amide bonds. The largest absolute Gasteiger partial charge is 0.496 e. The van der Waals surface area contributed by atoms with E-state index in [9.17, 15) is 9.59 Å². The van der Waals surface area contributed by atoms with E-state index in [-0.39, 0.29) is 16.9 Å². The fourth-order valence-corrected chi connectivity index (χ4v) is 4.15. The summed E-state index contributed by atoms with van der Waals surface area (Å²) < 4.78 is 8.50. The molecule has 0 aliphatic heterocycles. The number of carbonyl (C=O) groups is 1. The number of methoxy groups -OCH3 is 1. The van der Waals surface area contributed by atoms with E-state index >= 15 is 0 Å². The van der Waals surface area contributed by atoms with Crippen LogP contribution in [-0.2, 0) is 0 Å². The van der Waals surface area contributed by atoms with E-state index in [1.807, 2.05) is 55.5 Å². The van der Waals surface area contributed by atoms with Crippen molar-refractivity contribution in [1.29, 1.82) is 0 Å². The van der Waals surface area contributed by atoms with Crippen LogP contribution in [0.1, 0.15) is 29.0 Å². The number of aromatic nitrogens is 4. The van der Waals surface area contributed by atoms with Crippen LogP contribution in [0.5, 0.6) is 5.75 Å². The Hall–Kier alpha value is -4.66. The molecule has 170 valence electrons. The van der Waals surface area contributed by atoms with Gasteiger partial charge in [-0.25, -0.2) is 9.50 Å². The summed E-state index contributed by atoms with van der Waals surface area (Å²) in [6.07, 6.45) is 3.24. The second kappa shape index (κ2) is 8.36. The quantitative estimate of drug-likeness (QED) is 0.422. The van der Waals surface area contributed by atoms with Crippen LogP contribution in [0.25, 0.3) is 22.1 Å². The van der Waals surface area contributed by atoms with Gasteiger partial charge in [0.15, 0.2) is 11.5 Å². The van der Waals surface area contributed by atoms with E-state index < -0.39 is 11.9 Å². The van der Waals surface area contributed by atoms with Gasteiger partial charge < -0.3 is 15.8 Å². The minimum Gasteiger partial charge on any atom is -0.496 e. The second-order valence-corrected chi connectivity index (χ2v) is 7.81. The van der Waals surface area contributed by atoms with Crippen molar-refractivity contribution >= 4 is 28.1 Å². The third kappa shape index (κ3) is 3.43. The SMILES string of the molecule is COc1cccc2cc(C(C)NC(=O)c3c(N)nn4cccnc34)n(-c3ccccc3)c(=O)c12. The summed E-state index contributed by atoms with van der Waals surface area (Å²) in [6.45, 7) is 1.81. The van der Waals surface area contributed by atoms with Crippen molar-refractivity contribution in [2.75, 3.05) is 12.8 Å². The van der Waals surface area contributed by atoms with E-state index in [0.29, 0.717) is 33.6 Å². The third-order valence-electron chi connectivity index (χ3n) is 5.71. The Balaban J connectivity index is 1.64. The lowest BCUT2D eigenvalue weighted by Crippen LogP contribution is -2.32. The molecule has 0 spiro atoms. The molecule has 0 fully saturated rings. The van der Waals surface area contributed by atoms with Crippen molar-refractivity contribution < 1.29 is 9.53 Å². The Morgan fingerprint density at radius 2 is 1.91 bits per heavy atom. The van der Waals surface area contributed by atoms with Crippen molar-refractivity contribution in [2.45, 2.75) is 13.0 Å². The first-order chi connectivity index (χ1) is 16.5. The molecule has 2 aromatic carbocycles. The minimum atomic E-state index is -0.547. The van der Waals surface area contributed by atoms with Gasteiger partial charge in [-0.15, -0.1) is 5.10 Å². The summed E-state index contributed by atoms with van der Waals surface area (Å²) in [5.74, 6) is 0.129. The van der Waals surface area contributed by atoms with Crippen molar-refractivity contribution in [3.63, 3.8) is 0 Å². The summed E-state index contributed by atoms with van der Waals surface area (Å²) >= 11 is 0. The molecule has 3 aromatic heterocycles. The number of nitrogens with two attached hydrogens (primary N) is 1. The van der Waals surface area contributed by atoms with E-state index in [0.717, 1.165) is 0 Å². The molecule has 3 N–H and O–H groups in total. The van der Waals surface area contributed by atoms with Crippen LogP contribution in [0, 0.1) is 0 Å². The van der Waals surface area contributed by atoms with Gasteiger partial charge in [-0.3, -0.25) is 14.2 Å². The summed E-state index contributed by atoms with van der Waals surface area (Å²) in [5, 5.41) is 8.29. The number of carbonyl (C=O) groups excluding carboxylic acids is 1. The average Bonchev–Trinajstić information content (AvgIpc) is 3.19. The molecule has 1 unspecified atom stereocenters.